The summed E-state index contributed by atoms with van der Waals surface area (Å²) in [5.74, 6) is -0.663. The highest BCUT2D eigenvalue weighted by Gasteiger charge is 2.15. The van der Waals surface area contributed by atoms with Crippen molar-refractivity contribution in [2.75, 3.05) is 19.4 Å². The number of nitrogens with two attached hydrogens (primary N) is 1. The predicted molar refractivity (Wildman–Crippen MR) is 47.6 cm³/mol. The standard InChI is InChI=1S/C6H10N6O2/c1-12(2)6(14)8-5-3(4(7)13)9-11-10-5/h1-2H3,(H2,7,13)(H2,8,9,10,11,14). The summed E-state index contributed by atoms with van der Waals surface area (Å²) in [6.45, 7) is 0. The van der Waals surface area contributed by atoms with Crippen LogP contribution in [0.4, 0.5) is 10.6 Å². The fourth-order valence-electron chi connectivity index (χ4n) is 0.706. The summed E-state index contributed by atoms with van der Waals surface area (Å²) in [6.07, 6.45) is 0. The molecular formula is C6H10N6O2. The van der Waals surface area contributed by atoms with Gasteiger partial charge in [-0.15, -0.1) is 5.10 Å². The van der Waals surface area contributed by atoms with Gasteiger partial charge < -0.3 is 10.6 Å². The highest BCUT2D eigenvalue weighted by Crippen LogP contribution is 2.06. The van der Waals surface area contributed by atoms with Gasteiger partial charge in [0, 0.05) is 14.1 Å². The molecule has 0 unspecified atom stereocenters. The number of anilines is 1. The Balaban J connectivity index is 2.82. The van der Waals surface area contributed by atoms with Gasteiger partial charge in [0.25, 0.3) is 5.91 Å². The molecule has 0 saturated carbocycles. The molecule has 1 aromatic heterocycles. The van der Waals surface area contributed by atoms with E-state index < -0.39 is 11.9 Å². The van der Waals surface area contributed by atoms with Gasteiger partial charge in [0.05, 0.1) is 0 Å². The van der Waals surface area contributed by atoms with Crippen LogP contribution in [0.5, 0.6) is 0 Å². The number of carbonyl (C=O) groups excluding carboxylic acids is 2. The molecule has 8 nitrogen and oxygen atoms in total. The molecule has 8 heteroatoms. The molecule has 0 fully saturated rings. The van der Waals surface area contributed by atoms with E-state index in [0.717, 1.165) is 0 Å². The number of nitrogens with one attached hydrogen (secondary N) is 2. The Morgan fingerprint density at radius 1 is 1.50 bits per heavy atom. The third-order valence-electron chi connectivity index (χ3n) is 1.42. The van der Waals surface area contributed by atoms with Crippen molar-refractivity contribution in [2.45, 2.75) is 0 Å². The van der Waals surface area contributed by atoms with Gasteiger partial charge in [-0.3, -0.25) is 10.1 Å². The number of aromatic amines is 1. The number of amides is 3. The number of H-pyrrole nitrogens is 1. The van der Waals surface area contributed by atoms with E-state index in [1.54, 1.807) is 14.1 Å². The molecule has 0 spiro atoms. The third kappa shape index (κ3) is 1.97. The van der Waals surface area contributed by atoms with Crippen LogP contribution in [-0.2, 0) is 0 Å². The summed E-state index contributed by atoms with van der Waals surface area (Å²) in [5.41, 5.74) is 4.89. The van der Waals surface area contributed by atoms with Gasteiger partial charge in [-0.05, 0) is 0 Å². The molecule has 0 saturated heterocycles. The first kappa shape index (κ1) is 9.96. The quantitative estimate of drug-likeness (QED) is 0.564. The Labute approximate surface area is 79.4 Å². The second-order valence-corrected chi connectivity index (χ2v) is 2.72. The monoisotopic (exact) mass is 198 g/mol. The van der Waals surface area contributed by atoms with Gasteiger partial charge in [-0.25, -0.2) is 9.89 Å². The van der Waals surface area contributed by atoms with Crippen molar-refractivity contribution in [2.24, 2.45) is 5.73 Å². The Kier molecular flexibility index (Phi) is 2.65. The zero-order valence-electron chi connectivity index (χ0n) is 7.74. The SMILES string of the molecule is CN(C)C(=O)Nc1[nH]nnc1C(N)=O. The average molecular weight is 198 g/mol. The van der Waals surface area contributed by atoms with E-state index in [1.165, 1.54) is 4.90 Å². The van der Waals surface area contributed by atoms with Crippen molar-refractivity contribution in [3.63, 3.8) is 0 Å². The van der Waals surface area contributed by atoms with Crippen LogP contribution in [0.15, 0.2) is 0 Å². The zero-order valence-corrected chi connectivity index (χ0v) is 7.74. The normalized spacial score (nSPS) is 9.57. The maximum atomic E-state index is 11.2. The van der Waals surface area contributed by atoms with Gasteiger partial charge in [-0.2, -0.15) is 0 Å². The van der Waals surface area contributed by atoms with E-state index in [-0.39, 0.29) is 11.5 Å². The van der Waals surface area contributed by atoms with Crippen molar-refractivity contribution >= 4 is 17.8 Å². The molecule has 4 N–H and O–H groups in total. The number of primary amides is 1. The highest BCUT2D eigenvalue weighted by atomic mass is 16.2. The van der Waals surface area contributed by atoms with Crippen LogP contribution < -0.4 is 11.1 Å². The van der Waals surface area contributed by atoms with Gasteiger partial charge in [-0.1, -0.05) is 5.21 Å². The fourth-order valence-corrected chi connectivity index (χ4v) is 0.706. The highest BCUT2D eigenvalue weighted by molar-refractivity contribution is 5.99. The molecule has 0 bridgehead atoms. The van der Waals surface area contributed by atoms with Crippen LogP contribution in [-0.4, -0.2) is 46.3 Å². The van der Waals surface area contributed by atoms with Gasteiger partial charge in [0.2, 0.25) is 0 Å². The number of hydrogen-bond acceptors (Lipinski definition) is 4. The van der Waals surface area contributed by atoms with E-state index in [0.29, 0.717) is 0 Å². The van der Waals surface area contributed by atoms with E-state index in [2.05, 4.69) is 20.7 Å². The lowest BCUT2D eigenvalue weighted by molar-refractivity contribution is 0.0996. The fraction of sp³-hybridized carbons (Fsp3) is 0.333. The van der Waals surface area contributed by atoms with E-state index in [4.69, 9.17) is 5.73 Å². The van der Waals surface area contributed by atoms with Crippen molar-refractivity contribution in [3.8, 4) is 0 Å². The van der Waals surface area contributed by atoms with Crippen molar-refractivity contribution in [1.82, 2.24) is 20.3 Å². The molecule has 1 rings (SSSR count). The Morgan fingerprint density at radius 2 is 2.14 bits per heavy atom. The minimum atomic E-state index is -0.757. The summed E-state index contributed by atoms with van der Waals surface area (Å²) < 4.78 is 0. The molecule has 0 atom stereocenters. The lowest BCUT2D eigenvalue weighted by Crippen LogP contribution is -2.28. The lowest BCUT2D eigenvalue weighted by Gasteiger charge is -2.10. The second-order valence-electron chi connectivity index (χ2n) is 2.72. The first-order chi connectivity index (χ1) is 6.52. The number of aromatic nitrogens is 3. The second kappa shape index (κ2) is 3.73. The predicted octanol–water partition coefficient (Wildman–Crippen LogP) is -1.00. The number of hydrogen-bond donors (Lipinski definition) is 3. The maximum absolute atomic E-state index is 11.2. The lowest BCUT2D eigenvalue weighted by atomic mass is 10.4. The molecule has 76 valence electrons. The van der Waals surface area contributed by atoms with Crippen LogP contribution in [0.25, 0.3) is 0 Å². The Morgan fingerprint density at radius 3 is 2.64 bits per heavy atom. The Hall–Kier alpha value is -2.12. The number of nitrogens with zero attached hydrogens (tertiary/aromatic N) is 3. The summed E-state index contributed by atoms with van der Waals surface area (Å²) in [7, 11) is 3.12. The molecule has 0 aliphatic rings. The topological polar surface area (TPSA) is 117 Å². The van der Waals surface area contributed by atoms with Gasteiger partial charge >= 0.3 is 6.03 Å². The average Bonchev–Trinajstić information content (AvgIpc) is 2.52. The Bertz CT molecular complexity index is 357. The molecule has 1 heterocycles. The molecule has 0 aliphatic carbocycles. The number of carbonyl (C=O) groups is 2. The summed E-state index contributed by atoms with van der Waals surface area (Å²) in [4.78, 5) is 23.2. The first-order valence-electron chi connectivity index (χ1n) is 3.71. The minimum Gasteiger partial charge on any atom is -0.364 e. The zero-order chi connectivity index (χ0) is 10.7. The van der Waals surface area contributed by atoms with Crippen molar-refractivity contribution in [1.29, 1.82) is 0 Å². The van der Waals surface area contributed by atoms with Gasteiger partial charge in [0.15, 0.2) is 11.5 Å². The molecule has 0 aromatic carbocycles. The van der Waals surface area contributed by atoms with E-state index in [1.807, 2.05) is 0 Å². The molecule has 0 radical (unpaired) electrons. The molecule has 0 aliphatic heterocycles. The first-order valence-corrected chi connectivity index (χ1v) is 3.71. The van der Waals surface area contributed by atoms with Crippen molar-refractivity contribution < 1.29 is 9.59 Å². The van der Waals surface area contributed by atoms with E-state index in [9.17, 15) is 9.59 Å². The van der Waals surface area contributed by atoms with Crippen LogP contribution >= 0.6 is 0 Å². The molecule has 3 amide bonds. The third-order valence-corrected chi connectivity index (χ3v) is 1.42. The van der Waals surface area contributed by atoms with Crippen LogP contribution in [0.2, 0.25) is 0 Å². The van der Waals surface area contributed by atoms with Crippen molar-refractivity contribution in [3.05, 3.63) is 5.69 Å². The molecule has 14 heavy (non-hydrogen) atoms. The maximum Gasteiger partial charge on any atom is 0.322 e. The summed E-state index contributed by atoms with van der Waals surface area (Å²) in [5, 5.41) is 11.5. The molecule has 1 aromatic rings. The van der Waals surface area contributed by atoms with Crippen LogP contribution in [0, 0.1) is 0 Å². The summed E-state index contributed by atoms with van der Waals surface area (Å²) >= 11 is 0. The molecular weight excluding hydrogens is 188 g/mol. The van der Waals surface area contributed by atoms with Crippen LogP contribution in [0.1, 0.15) is 10.5 Å². The minimum absolute atomic E-state index is 0.0937. The largest absolute Gasteiger partial charge is 0.364 e. The smallest absolute Gasteiger partial charge is 0.322 e. The number of rotatable bonds is 2. The summed E-state index contributed by atoms with van der Waals surface area (Å²) in [6, 6.07) is -0.404. The number of urea groups is 1. The van der Waals surface area contributed by atoms with E-state index >= 15 is 0 Å². The van der Waals surface area contributed by atoms with Crippen LogP contribution in [0.3, 0.4) is 0 Å². The van der Waals surface area contributed by atoms with Gasteiger partial charge in [0.1, 0.15) is 0 Å².